The van der Waals surface area contributed by atoms with Crippen LogP contribution in [0, 0.1) is 0 Å². The number of fused-ring (bicyclic) bond motifs is 1. The van der Waals surface area contributed by atoms with E-state index < -0.39 is 12.1 Å². The standard InChI is InChI=1S/C24H21NO4/c1-28-19-13-11-17(12-14-19)22(16-7-3-2-4-8-16)25-23(26)21-15-18-9-5-6-10-20(18)24(27)29-21/h2-14,21-22H,15H2,1H3,(H,25,26). The molecule has 3 aromatic rings. The molecule has 0 bridgehead atoms. The van der Waals surface area contributed by atoms with E-state index in [-0.39, 0.29) is 11.9 Å². The first-order valence-corrected chi connectivity index (χ1v) is 9.44. The van der Waals surface area contributed by atoms with Crippen LogP contribution in [0.5, 0.6) is 5.75 Å². The van der Waals surface area contributed by atoms with Gasteiger partial charge in [0, 0.05) is 6.42 Å². The van der Waals surface area contributed by atoms with Crippen molar-refractivity contribution in [1.29, 1.82) is 0 Å². The first kappa shape index (κ1) is 18.7. The number of carbonyl (C=O) groups excluding carboxylic acids is 2. The van der Waals surface area contributed by atoms with Gasteiger partial charge in [-0.1, -0.05) is 60.7 Å². The summed E-state index contributed by atoms with van der Waals surface area (Å²) >= 11 is 0. The van der Waals surface area contributed by atoms with Gasteiger partial charge in [0.2, 0.25) is 0 Å². The molecule has 1 heterocycles. The van der Waals surface area contributed by atoms with Crippen LogP contribution in [-0.4, -0.2) is 25.1 Å². The minimum absolute atomic E-state index is 0.322. The van der Waals surface area contributed by atoms with Gasteiger partial charge in [-0.25, -0.2) is 4.79 Å². The second-order valence-electron chi connectivity index (χ2n) is 6.88. The SMILES string of the molecule is COc1ccc(C(NC(=O)C2Cc3ccccc3C(=O)O2)c2ccccc2)cc1. The van der Waals surface area contributed by atoms with Crippen molar-refractivity contribution in [1.82, 2.24) is 5.32 Å². The molecule has 1 aliphatic heterocycles. The van der Waals surface area contributed by atoms with Crippen molar-refractivity contribution >= 4 is 11.9 Å². The third kappa shape index (κ3) is 3.99. The predicted octanol–water partition coefficient (Wildman–Crippen LogP) is 3.68. The average Bonchev–Trinajstić information content (AvgIpc) is 2.78. The van der Waals surface area contributed by atoms with E-state index in [1.807, 2.05) is 66.7 Å². The van der Waals surface area contributed by atoms with Crippen molar-refractivity contribution in [2.45, 2.75) is 18.6 Å². The van der Waals surface area contributed by atoms with Crippen LogP contribution in [0.25, 0.3) is 0 Å². The van der Waals surface area contributed by atoms with Gasteiger partial charge in [0.05, 0.1) is 18.7 Å². The number of carbonyl (C=O) groups is 2. The smallest absolute Gasteiger partial charge is 0.339 e. The van der Waals surface area contributed by atoms with Crippen molar-refractivity contribution in [3.05, 3.63) is 101 Å². The van der Waals surface area contributed by atoms with Gasteiger partial charge in [-0.05, 0) is 34.9 Å². The Morgan fingerprint density at radius 1 is 0.966 bits per heavy atom. The summed E-state index contributed by atoms with van der Waals surface area (Å²) in [5, 5.41) is 3.05. The van der Waals surface area contributed by atoms with E-state index in [2.05, 4.69) is 5.32 Å². The molecule has 0 aromatic heterocycles. The maximum absolute atomic E-state index is 13.0. The van der Waals surface area contributed by atoms with E-state index in [9.17, 15) is 9.59 Å². The van der Waals surface area contributed by atoms with E-state index in [0.717, 1.165) is 22.4 Å². The lowest BCUT2D eigenvalue weighted by Gasteiger charge is -2.27. The fourth-order valence-electron chi connectivity index (χ4n) is 3.51. The van der Waals surface area contributed by atoms with Crippen LogP contribution < -0.4 is 10.1 Å². The van der Waals surface area contributed by atoms with Gasteiger partial charge in [-0.15, -0.1) is 0 Å². The molecular weight excluding hydrogens is 366 g/mol. The predicted molar refractivity (Wildman–Crippen MR) is 109 cm³/mol. The van der Waals surface area contributed by atoms with Gasteiger partial charge in [-0.2, -0.15) is 0 Å². The molecule has 146 valence electrons. The zero-order chi connectivity index (χ0) is 20.2. The lowest BCUT2D eigenvalue weighted by Crippen LogP contribution is -2.43. The second-order valence-corrected chi connectivity index (χ2v) is 6.88. The van der Waals surface area contributed by atoms with Gasteiger partial charge in [0.15, 0.2) is 6.10 Å². The molecule has 3 aromatic carbocycles. The molecule has 1 aliphatic rings. The molecular formula is C24H21NO4. The quantitative estimate of drug-likeness (QED) is 0.679. The summed E-state index contributed by atoms with van der Waals surface area (Å²) in [7, 11) is 1.61. The number of benzene rings is 3. The summed E-state index contributed by atoms with van der Waals surface area (Å²) in [6.45, 7) is 0. The second kappa shape index (κ2) is 8.19. The zero-order valence-corrected chi connectivity index (χ0v) is 16.0. The summed E-state index contributed by atoms with van der Waals surface area (Å²) in [4.78, 5) is 25.3. The van der Waals surface area contributed by atoms with E-state index in [1.54, 1.807) is 19.2 Å². The van der Waals surface area contributed by atoms with Crippen LogP contribution in [0.4, 0.5) is 0 Å². The summed E-state index contributed by atoms with van der Waals surface area (Å²) in [5.41, 5.74) is 3.19. The molecule has 0 saturated carbocycles. The molecule has 29 heavy (non-hydrogen) atoms. The van der Waals surface area contributed by atoms with Gasteiger partial charge < -0.3 is 14.8 Å². The Balaban J connectivity index is 1.59. The highest BCUT2D eigenvalue weighted by molar-refractivity contribution is 5.95. The van der Waals surface area contributed by atoms with Crippen molar-refractivity contribution in [3.8, 4) is 5.75 Å². The summed E-state index contributed by atoms with van der Waals surface area (Å²) in [6.07, 6.45) is -0.500. The number of amides is 1. The maximum Gasteiger partial charge on any atom is 0.339 e. The molecule has 0 fully saturated rings. The molecule has 4 rings (SSSR count). The van der Waals surface area contributed by atoms with Crippen LogP contribution in [0.2, 0.25) is 0 Å². The number of ether oxygens (including phenoxy) is 2. The van der Waals surface area contributed by atoms with Gasteiger partial charge in [0.25, 0.3) is 5.91 Å². The number of cyclic esters (lactones) is 1. The van der Waals surface area contributed by atoms with Crippen molar-refractivity contribution in [3.63, 3.8) is 0 Å². The number of hydrogen-bond acceptors (Lipinski definition) is 4. The van der Waals surface area contributed by atoms with E-state index in [4.69, 9.17) is 9.47 Å². The fraction of sp³-hybridized carbons (Fsp3) is 0.167. The van der Waals surface area contributed by atoms with Crippen molar-refractivity contribution in [2.24, 2.45) is 0 Å². The molecule has 0 aliphatic carbocycles. The molecule has 0 spiro atoms. The average molecular weight is 387 g/mol. The minimum Gasteiger partial charge on any atom is -0.497 e. The van der Waals surface area contributed by atoms with Crippen LogP contribution >= 0.6 is 0 Å². The molecule has 5 nitrogen and oxygen atoms in total. The lowest BCUT2D eigenvalue weighted by molar-refractivity contribution is -0.130. The normalized spacial score (nSPS) is 16.3. The topological polar surface area (TPSA) is 64.6 Å². The lowest BCUT2D eigenvalue weighted by atomic mass is 9.96. The highest BCUT2D eigenvalue weighted by Gasteiger charge is 2.32. The first-order chi connectivity index (χ1) is 14.2. The van der Waals surface area contributed by atoms with Crippen LogP contribution in [-0.2, 0) is 16.0 Å². The molecule has 2 unspecified atom stereocenters. The van der Waals surface area contributed by atoms with Gasteiger partial charge in [0.1, 0.15) is 5.75 Å². The summed E-state index contributed by atoms with van der Waals surface area (Å²) in [6, 6.07) is 24.1. The third-order valence-electron chi connectivity index (χ3n) is 5.05. The van der Waals surface area contributed by atoms with Gasteiger partial charge in [-0.3, -0.25) is 4.79 Å². The Kier molecular flexibility index (Phi) is 5.29. The molecule has 5 heteroatoms. The Hall–Kier alpha value is -3.60. The van der Waals surface area contributed by atoms with Gasteiger partial charge >= 0.3 is 5.97 Å². The number of rotatable bonds is 5. The highest BCUT2D eigenvalue weighted by Crippen LogP contribution is 2.26. The Morgan fingerprint density at radius 2 is 1.62 bits per heavy atom. The summed E-state index contributed by atoms with van der Waals surface area (Å²) < 4.78 is 10.6. The van der Waals surface area contributed by atoms with E-state index in [0.29, 0.717) is 12.0 Å². The minimum atomic E-state index is -0.859. The Labute approximate surface area is 169 Å². The van der Waals surface area contributed by atoms with Crippen LogP contribution in [0.1, 0.15) is 33.1 Å². The molecule has 2 atom stereocenters. The monoisotopic (exact) mass is 387 g/mol. The summed E-state index contributed by atoms with van der Waals surface area (Å²) in [5.74, 6) is -0.0464. The Morgan fingerprint density at radius 3 is 2.34 bits per heavy atom. The zero-order valence-electron chi connectivity index (χ0n) is 16.0. The molecule has 0 saturated heterocycles. The highest BCUT2D eigenvalue weighted by atomic mass is 16.5. The third-order valence-corrected chi connectivity index (χ3v) is 5.05. The molecule has 1 amide bonds. The fourth-order valence-corrected chi connectivity index (χ4v) is 3.51. The van der Waals surface area contributed by atoms with Crippen LogP contribution in [0.3, 0.4) is 0 Å². The van der Waals surface area contributed by atoms with E-state index in [1.165, 1.54) is 0 Å². The van der Waals surface area contributed by atoms with Crippen LogP contribution in [0.15, 0.2) is 78.9 Å². The number of esters is 1. The number of nitrogens with one attached hydrogen (secondary N) is 1. The largest absolute Gasteiger partial charge is 0.497 e. The molecule has 0 radical (unpaired) electrons. The van der Waals surface area contributed by atoms with E-state index >= 15 is 0 Å². The number of methoxy groups -OCH3 is 1. The maximum atomic E-state index is 13.0. The van der Waals surface area contributed by atoms with Crippen molar-refractivity contribution in [2.75, 3.05) is 7.11 Å². The molecule has 1 N–H and O–H groups in total. The first-order valence-electron chi connectivity index (χ1n) is 9.44. The number of hydrogen-bond donors (Lipinski definition) is 1. The van der Waals surface area contributed by atoms with Crippen molar-refractivity contribution < 1.29 is 19.1 Å². The Bertz CT molecular complexity index is 1010.